The number of hydrogen-bond donors (Lipinski definition) is 0. The Morgan fingerprint density at radius 3 is 2.10 bits per heavy atom. The monoisotopic (exact) mass is 410 g/mol. The summed E-state index contributed by atoms with van der Waals surface area (Å²) >= 11 is 6.10. The summed E-state index contributed by atoms with van der Waals surface area (Å²) in [5.41, 5.74) is 2.69. The third-order valence-electron chi connectivity index (χ3n) is 4.32. The molecule has 3 rings (SSSR count). The van der Waals surface area contributed by atoms with E-state index < -0.39 is 5.97 Å². The van der Waals surface area contributed by atoms with Gasteiger partial charge in [0.2, 0.25) is 0 Å². The van der Waals surface area contributed by atoms with E-state index in [1.54, 1.807) is 12.1 Å². The van der Waals surface area contributed by atoms with Gasteiger partial charge in [0.05, 0.1) is 24.8 Å². The molecule has 29 heavy (non-hydrogen) atoms. The van der Waals surface area contributed by atoms with Crippen LogP contribution in [0.15, 0.2) is 66.7 Å². The van der Waals surface area contributed by atoms with Crippen molar-refractivity contribution in [3.63, 3.8) is 0 Å². The molecule has 0 spiro atoms. The molecule has 0 amide bonds. The van der Waals surface area contributed by atoms with Gasteiger partial charge in [0.1, 0.15) is 0 Å². The first-order valence-electron chi connectivity index (χ1n) is 8.81. The molecular weight excluding hydrogens is 392 g/mol. The fourth-order valence-corrected chi connectivity index (χ4v) is 3.10. The maximum Gasteiger partial charge on any atom is 0.338 e. The first-order chi connectivity index (χ1) is 14.0. The second-order valence-corrected chi connectivity index (χ2v) is 6.54. The Morgan fingerprint density at radius 1 is 0.828 bits per heavy atom. The molecule has 0 unspecified atom stereocenters. The number of halogens is 1. The van der Waals surface area contributed by atoms with E-state index in [4.69, 9.17) is 25.8 Å². The summed E-state index contributed by atoms with van der Waals surface area (Å²) in [6.07, 6.45) is 0. The normalized spacial score (nSPS) is 10.3. The molecule has 0 bridgehead atoms. The molecule has 0 aliphatic heterocycles. The molecule has 6 heteroatoms. The second kappa shape index (κ2) is 9.26. The summed E-state index contributed by atoms with van der Waals surface area (Å²) in [6, 6.07) is 19.8. The molecular formula is C23H19ClO5. The van der Waals surface area contributed by atoms with Gasteiger partial charge in [0, 0.05) is 5.56 Å². The van der Waals surface area contributed by atoms with Gasteiger partial charge in [0.25, 0.3) is 0 Å². The first-order valence-corrected chi connectivity index (χ1v) is 9.18. The maximum atomic E-state index is 12.4. The molecule has 0 atom stereocenters. The van der Waals surface area contributed by atoms with Crippen molar-refractivity contribution < 1.29 is 23.8 Å². The van der Waals surface area contributed by atoms with Crippen molar-refractivity contribution in [3.05, 3.63) is 82.9 Å². The van der Waals surface area contributed by atoms with Crippen LogP contribution in [0.4, 0.5) is 0 Å². The molecule has 5 nitrogen and oxygen atoms in total. The minimum Gasteiger partial charge on any atom is -0.493 e. The molecule has 0 aliphatic carbocycles. The largest absolute Gasteiger partial charge is 0.493 e. The molecule has 0 heterocycles. The number of esters is 1. The standard InChI is InChI=1S/C23H19ClO5/c1-27-21-13-18(12-19(24)22(21)28-2)23(26)29-14-20(25)17-10-8-16(9-11-17)15-6-4-3-5-7-15/h3-13H,14H2,1-2H3. The molecule has 148 valence electrons. The van der Waals surface area contributed by atoms with Gasteiger partial charge in [-0.15, -0.1) is 0 Å². The molecule has 0 fully saturated rings. The van der Waals surface area contributed by atoms with Crippen LogP contribution in [0, 0.1) is 0 Å². The van der Waals surface area contributed by atoms with Gasteiger partial charge in [-0.3, -0.25) is 4.79 Å². The van der Waals surface area contributed by atoms with Crippen molar-refractivity contribution >= 4 is 23.4 Å². The fourth-order valence-electron chi connectivity index (χ4n) is 2.81. The molecule has 0 saturated heterocycles. The van der Waals surface area contributed by atoms with Gasteiger partial charge < -0.3 is 14.2 Å². The SMILES string of the molecule is COc1cc(C(=O)OCC(=O)c2ccc(-c3ccccc3)cc2)cc(Cl)c1OC. The maximum absolute atomic E-state index is 12.4. The van der Waals surface area contributed by atoms with Crippen LogP contribution in [-0.2, 0) is 4.74 Å². The topological polar surface area (TPSA) is 61.8 Å². The number of ketones is 1. The Morgan fingerprint density at radius 2 is 1.48 bits per heavy atom. The highest BCUT2D eigenvalue weighted by molar-refractivity contribution is 6.32. The predicted molar refractivity (Wildman–Crippen MR) is 111 cm³/mol. The van der Waals surface area contributed by atoms with Crippen LogP contribution >= 0.6 is 11.6 Å². The van der Waals surface area contributed by atoms with Gasteiger partial charge in [-0.25, -0.2) is 4.79 Å². The lowest BCUT2D eigenvalue weighted by Crippen LogP contribution is -2.14. The van der Waals surface area contributed by atoms with Crippen LogP contribution in [0.1, 0.15) is 20.7 Å². The van der Waals surface area contributed by atoms with Gasteiger partial charge in [-0.1, -0.05) is 66.2 Å². The molecule has 0 aliphatic rings. The molecule has 0 N–H and O–H groups in total. The van der Waals surface area contributed by atoms with Crippen molar-refractivity contribution in [2.75, 3.05) is 20.8 Å². The number of carbonyl (C=O) groups is 2. The lowest BCUT2D eigenvalue weighted by atomic mass is 10.0. The van der Waals surface area contributed by atoms with Crippen molar-refractivity contribution in [3.8, 4) is 22.6 Å². The van der Waals surface area contributed by atoms with Crippen LogP contribution in [0.3, 0.4) is 0 Å². The third-order valence-corrected chi connectivity index (χ3v) is 4.60. The number of Topliss-reactive ketones (excluding diaryl/α,β-unsaturated/α-hetero) is 1. The van der Waals surface area contributed by atoms with Crippen LogP contribution in [0.5, 0.6) is 11.5 Å². The van der Waals surface area contributed by atoms with Crippen molar-refractivity contribution in [2.24, 2.45) is 0 Å². The fraction of sp³-hybridized carbons (Fsp3) is 0.130. The Bertz CT molecular complexity index is 1010. The van der Waals surface area contributed by atoms with Crippen molar-refractivity contribution in [2.45, 2.75) is 0 Å². The molecule has 0 saturated carbocycles. The van der Waals surface area contributed by atoms with E-state index in [1.165, 1.54) is 26.4 Å². The summed E-state index contributed by atoms with van der Waals surface area (Å²) in [7, 11) is 2.88. The van der Waals surface area contributed by atoms with E-state index >= 15 is 0 Å². The Labute approximate surface area is 173 Å². The van der Waals surface area contributed by atoms with E-state index in [1.807, 2.05) is 42.5 Å². The van der Waals surface area contributed by atoms with Crippen LogP contribution in [0.25, 0.3) is 11.1 Å². The van der Waals surface area contributed by atoms with Crippen molar-refractivity contribution in [1.29, 1.82) is 0 Å². The first kappa shape index (κ1) is 20.4. The Kier molecular flexibility index (Phi) is 6.52. The minimum atomic E-state index is -0.679. The average Bonchev–Trinajstić information content (AvgIpc) is 2.77. The highest BCUT2D eigenvalue weighted by Gasteiger charge is 2.17. The number of benzene rings is 3. The molecule has 0 aromatic heterocycles. The third kappa shape index (κ3) is 4.76. The van der Waals surface area contributed by atoms with Crippen LogP contribution < -0.4 is 9.47 Å². The van der Waals surface area contributed by atoms with Gasteiger partial charge in [-0.05, 0) is 23.3 Å². The number of rotatable bonds is 7. The van der Waals surface area contributed by atoms with E-state index in [0.29, 0.717) is 17.1 Å². The summed E-state index contributed by atoms with van der Waals surface area (Å²) in [4.78, 5) is 24.7. The number of ether oxygens (including phenoxy) is 3. The minimum absolute atomic E-state index is 0.167. The second-order valence-electron chi connectivity index (χ2n) is 6.14. The molecule has 3 aromatic carbocycles. The summed E-state index contributed by atoms with van der Waals surface area (Å²) < 4.78 is 15.4. The van der Waals surface area contributed by atoms with Crippen LogP contribution in [-0.4, -0.2) is 32.6 Å². The Balaban J connectivity index is 1.66. The highest BCUT2D eigenvalue weighted by atomic mass is 35.5. The molecule has 0 radical (unpaired) electrons. The molecule has 3 aromatic rings. The van der Waals surface area contributed by atoms with Gasteiger partial charge >= 0.3 is 5.97 Å². The summed E-state index contributed by atoms with van der Waals surface area (Å²) in [5.74, 6) is -0.360. The number of carbonyl (C=O) groups excluding carboxylic acids is 2. The number of hydrogen-bond acceptors (Lipinski definition) is 5. The van der Waals surface area contributed by atoms with Gasteiger partial charge in [0.15, 0.2) is 23.9 Å². The lowest BCUT2D eigenvalue weighted by molar-refractivity contribution is 0.0474. The zero-order valence-electron chi connectivity index (χ0n) is 16.0. The smallest absolute Gasteiger partial charge is 0.338 e. The van der Waals surface area contributed by atoms with E-state index in [0.717, 1.165) is 11.1 Å². The summed E-state index contributed by atoms with van der Waals surface area (Å²) in [6.45, 7) is -0.379. The number of methoxy groups -OCH3 is 2. The zero-order valence-corrected chi connectivity index (χ0v) is 16.7. The van der Waals surface area contributed by atoms with E-state index in [-0.39, 0.29) is 23.0 Å². The van der Waals surface area contributed by atoms with Gasteiger partial charge in [-0.2, -0.15) is 0 Å². The van der Waals surface area contributed by atoms with Crippen LogP contribution in [0.2, 0.25) is 5.02 Å². The lowest BCUT2D eigenvalue weighted by Gasteiger charge is -2.11. The predicted octanol–water partition coefficient (Wildman–Crippen LogP) is 5.06. The van der Waals surface area contributed by atoms with E-state index in [9.17, 15) is 9.59 Å². The quantitative estimate of drug-likeness (QED) is 0.402. The van der Waals surface area contributed by atoms with E-state index in [2.05, 4.69) is 0 Å². The highest BCUT2D eigenvalue weighted by Crippen LogP contribution is 2.36. The Hall–Kier alpha value is -3.31. The average molecular weight is 411 g/mol. The zero-order chi connectivity index (χ0) is 20.8. The summed E-state index contributed by atoms with van der Waals surface area (Å²) in [5, 5.41) is 0.210. The van der Waals surface area contributed by atoms with Crippen molar-refractivity contribution in [1.82, 2.24) is 0 Å².